The Kier molecular flexibility index (Phi) is 19.1. The van der Waals surface area contributed by atoms with Gasteiger partial charge in [-0.25, -0.2) is 14.4 Å². The lowest BCUT2D eigenvalue weighted by Crippen LogP contribution is -2.69. The first-order valence-electron chi connectivity index (χ1n) is 29.8. The van der Waals surface area contributed by atoms with Crippen molar-refractivity contribution in [1.82, 2.24) is 16.0 Å². The van der Waals surface area contributed by atoms with Gasteiger partial charge in [-0.3, -0.25) is 19.2 Å². The summed E-state index contributed by atoms with van der Waals surface area (Å²) in [5.41, 5.74) is -2.40. The summed E-state index contributed by atoms with van der Waals surface area (Å²) < 4.78 is 25.0. The molecular weight excluding hydrogens is 1070 g/mol. The van der Waals surface area contributed by atoms with E-state index in [4.69, 9.17) is 18.9 Å². The van der Waals surface area contributed by atoms with Crippen molar-refractivity contribution in [2.45, 2.75) is 253 Å². The Hall–Kier alpha value is -4.13. The Morgan fingerprint density at radius 3 is 1.60 bits per heavy atom. The molecule has 0 aromatic heterocycles. The van der Waals surface area contributed by atoms with Crippen LogP contribution < -0.4 is 16.0 Å². The summed E-state index contributed by atoms with van der Waals surface area (Å²) in [7, 11) is 0. The molecule has 0 aromatic carbocycles. The molecule has 22 nitrogen and oxygen atoms in total. The molecule has 0 bridgehead atoms. The summed E-state index contributed by atoms with van der Waals surface area (Å²) in [4.78, 5) is 93.9. The number of carboxylic acid groups (broad SMARTS) is 3. The van der Waals surface area contributed by atoms with Crippen molar-refractivity contribution in [3.8, 4) is 0 Å². The van der Waals surface area contributed by atoms with Gasteiger partial charge in [0.05, 0.1) is 6.10 Å². The van der Waals surface area contributed by atoms with Gasteiger partial charge in [0.1, 0.15) is 54.7 Å². The molecule has 14 unspecified atom stereocenters. The van der Waals surface area contributed by atoms with E-state index in [-0.39, 0.29) is 59.5 Å². The van der Waals surface area contributed by atoms with Crippen LogP contribution in [0, 0.1) is 68.0 Å². The fourth-order valence-electron chi connectivity index (χ4n) is 16.3. The van der Waals surface area contributed by atoms with Gasteiger partial charge in [-0.1, -0.05) is 95.6 Å². The van der Waals surface area contributed by atoms with E-state index in [0.717, 1.165) is 24.8 Å². The van der Waals surface area contributed by atoms with Crippen LogP contribution in [-0.4, -0.2) is 168 Å². The van der Waals surface area contributed by atoms with Crippen LogP contribution in [0.5, 0.6) is 0 Å². The predicted molar refractivity (Wildman–Crippen MR) is 294 cm³/mol. The summed E-state index contributed by atoms with van der Waals surface area (Å²) in [6.45, 7) is 25.7. The van der Waals surface area contributed by atoms with Gasteiger partial charge in [0.15, 0.2) is 30.6 Å². The predicted octanol–water partition coefficient (Wildman–Crippen LogP) is 3.84. The Morgan fingerprint density at radius 2 is 1.09 bits per heavy atom. The average molecular weight is 1160 g/mol. The number of hydrogen-bond acceptors (Lipinski definition) is 16. The van der Waals surface area contributed by atoms with Crippen LogP contribution in [0.25, 0.3) is 0 Å². The molecule has 22 atom stereocenters. The van der Waals surface area contributed by atoms with Gasteiger partial charge in [0.25, 0.3) is 11.8 Å². The topological polar surface area (TPSA) is 354 Å². The zero-order valence-electron chi connectivity index (χ0n) is 50.2. The third-order valence-corrected chi connectivity index (χ3v) is 21.2. The van der Waals surface area contributed by atoms with Crippen molar-refractivity contribution in [3.05, 3.63) is 11.6 Å². The Labute approximate surface area is 481 Å². The minimum atomic E-state index is -2.13. The number of carboxylic acids is 3. The molecule has 7 rings (SSSR count). The number of aliphatic hydroxyl groups is 5. The van der Waals surface area contributed by atoms with E-state index >= 15 is 4.79 Å². The molecule has 3 amide bonds. The number of nitrogens with one attached hydrogen (secondary N) is 3. The molecular formula is C60H95N3O19. The maximum Gasteiger partial charge on any atom is 0.326 e. The molecule has 464 valence electrons. The van der Waals surface area contributed by atoms with Gasteiger partial charge in [-0.2, -0.15) is 0 Å². The largest absolute Gasteiger partial charge is 0.480 e. The Morgan fingerprint density at radius 1 is 0.598 bits per heavy atom. The number of ketones is 1. The molecule has 82 heavy (non-hydrogen) atoms. The first-order chi connectivity index (χ1) is 37.9. The van der Waals surface area contributed by atoms with Crippen LogP contribution in [0.3, 0.4) is 0 Å². The first-order valence-corrected chi connectivity index (χ1v) is 29.8. The van der Waals surface area contributed by atoms with Gasteiger partial charge in [0, 0.05) is 11.3 Å². The van der Waals surface area contributed by atoms with Crippen LogP contribution >= 0.6 is 0 Å². The maximum atomic E-state index is 15.4. The SMILES string of the molecule is CC(C)C[C@@H](NC(=O)C1OC(OC2C(OC3CC[C@@]4(C)C(CC[C@]5(C)C4C(=O)C=C4C6C[C@@](C)(C(=O)N[C@H](CC(C)C)C(=O)O)CC[C@]6(C)CC[C@]45C)C3(C)C)OC(C(=O)N[C@H](CC(C)C)C(=O)O)C(O)C2O)C(O)C(O)C1O)C(=O)O. The van der Waals surface area contributed by atoms with Crippen LogP contribution in [-0.2, 0) is 52.5 Å². The van der Waals surface area contributed by atoms with Crippen molar-refractivity contribution in [3.63, 3.8) is 0 Å². The molecule has 2 aliphatic heterocycles. The zero-order chi connectivity index (χ0) is 61.3. The summed E-state index contributed by atoms with van der Waals surface area (Å²) in [6, 6.07) is -3.87. The minimum Gasteiger partial charge on any atom is -0.480 e. The second-order valence-electron chi connectivity index (χ2n) is 28.7. The van der Waals surface area contributed by atoms with Crippen molar-refractivity contribution in [2.24, 2.45) is 68.0 Å². The Balaban J connectivity index is 1.18. The number of allylic oxidation sites excluding steroid dienone is 2. The van der Waals surface area contributed by atoms with Crippen molar-refractivity contribution in [1.29, 1.82) is 0 Å². The maximum absolute atomic E-state index is 15.4. The number of rotatable bonds is 19. The highest BCUT2D eigenvalue weighted by molar-refractivity contribution is 5.96. The number of hydrogen-bond donors (Lipinski definition) is 11. The molecule has 2 saturated heterocycles. The molecule has 4 saturated carbocycles. The molecule has 0 aromatic rings. The molecule has 2 heterocycles. The second kappa shape index (κ2) is 24.0. The molecule has 0 spiro atoms. The molecule has 11 N–H and O–H groups in total. The molecule has 5 aliphatic carbocycles. The summed E-state index contributed by atoms with van der Waals surface area (Å²) >= 11 is 0. The third kappa shape index (κ3) is 12.0. The minimum absolute atomic E-state index is 0.00513. The molecule has 22 heteroatoms. The number of amides is 3. The van der Waals surface area contributed by atoms with Gasteiger partial charge in [-0.15, -0.1) is 0 Å². The first kappa shape index (κ1) is 65.4. The number of ether oxygens (including phenoxy) is 4. The number of carbonyl (C=O) groups excluding carboxylic acids is 4. The molecule has 0 radical (unpaired) electrons. The van der Waals surface area contributed by atoms with E-state index in [1.807, 2.05) is 40.7 Å². The lowest BCUT2D eigenvalue weighted by molar-refractivity contribution is -0.369. The summed E-state index contributed by atoms with van der Waals surface area (Å²) in [5, 5.41) is 94.5. The quantitative estimate of drug-likeness (QED) is 0.0819. The van der Waals surface area contributed by atoms with Gasteiger partial charge < -0.3 is 75.8 Å². The summed E-state index contributed by atoms with van der Waals surface area (Å²) in [5.74, 6) is -7.43. The van der Waals surface area contributed by atoms with Crippen LogP contribution in [0.1, 0.15) is 167 Å². The lowest BCUT2D eigenvalue weighted by Gasteiger charge is -2.70. The number of fused-ring (bicyclic) bond motifs is 7. The van der Waals surface area contributed by atoms with Crippen molar-refractivity contribution < 1.29 is 93.4 Å². The number of aliphatic hydroxyl groups excluding tert-OH is 5. The van der Waals surface area contributed by atoms with E-state index in [1.54, 1.807) is 27.7 Å². The molecule has 6 fully saturated rings. The van der Waals surface area contributed by atoms with Gasteiger partial charge in [0.2, 0.25) is 5.91 Å². The van der Waals surface area contributed by atoms with E-state index in [9.17, 15) is 69.6 Å². The number of aliphatic carboxylic acids is 3. The Bertz CT molecular complexity index is 2470. The van der Waals surface area contributed by atoms with E-state index in [0.29, 0.717) is 44.9 Å². The zero-order valence-corrected chi connectivity index (χ0v) is 50.2. The van der Waals surface area contributed by atoms with Crippen molar-refractivity contribution >= 4 is 41.4 Å². The fraction of sp³-hybridized carbons (Fsp3) is 0.850. The normalized spacial score (nSPS) is 41.8. The van der Waals surface area contributed by atoms with Crippen LogP contribution in [0.15, 0.2) is 11.6 Å². The summed E-state index contributed by atoms with van der Waals surface area (Å²) in [6.07, 6.45) is -13.4. The smallest absolute Gasteiger partial charge is 0.326 e. The lowest BCUT2D eigenvalue weighted by atomic mass is 9.33. The van der Waals surface area contributed by atoms with Crippen LogP contribution in [0.2, 0.25) is 0 Å². The highest BCUT2D eigenvalue weighted by atomic mass is 16.8. The van der Waals surface area contributed by atoms with Gasteiger partial charge >= 0.3 is 17.9 Å². The van der Waals surface area contributed by atoms with E-state index in [1.165, 1.54) is 0 Å². The average Bonchev–Trinajstić information content (AvgIpc) is 2.80. The molecule has 7 aliphatic rings. The van der Waals surface area contributed by atoms with Crippen molar-refractivity contribution in [2.75, 3.05) is 0 Å². The van der Waals surface area contributed by atoms with E-state index in [2.05, 4.69) is 43.6 Å². The van der Waals surface area contributed by atoms with E-state index < -0.39 is 148 Å². The standard InChI is InChI=1S/C60H95N3O19/c1-27(2)22-32(49(72)73)61-47(70)43-39(66)38(65)42(69)52(80-43)82-45-41(68)40(67)44(48(71)62-33(50(74)75)23-28(3)4)81-53(45)79-37-15-16-58(11)36(55(37,7)8)14-17-60(13)46(58)35(64)25-30-31-26-57(10,19-18-56(31,9)20-21-59(30,60)12)54(78)63-34(51(76)77)24-29(5)6/h25,27-29,31-34,36-46,52-53,65-69H,14-24,26H2,1-13H3,(H,61,70)(H,62,71)(H,63,78)(H,72,73)(H,74,75)(H,76,77)/t31?,32-,33-,34-,36?,37?,38?,39?,40?,41?,42?,43?,44?,45?,46?,52?,53?,56-,57+,58+,59-,60-/m1/s1. The number of carbonyl (C=O) groups is 7. The monoisotopic (exact) mass is 1160 g/mol. The highest BCUT2D eigenvalue weighted by Crippen LogP contribution is 2.75. The fourth-order valence-corrected chi connectivity index (χ4v) is 16.3. The van der Waals surface area contributed by atoms with Crippen LogP contribution in [0.4, 0.5) is 0 Å². The third-order valence-electron chi connectivity index (χ3n) is 21.2. The van der Waals surface area contributed by atoms with Gasteiger partial charge in [-0.05, 0) is 140 Å². The second-order valence-corrected chi connectivity index (χ2v) is 28.7. The highest BCUT2D eigenvalue weighted by Gasteiger charge is 2.71.